The Morgan fingerprint density at radius 1 is 1.00 bits per heavy atom. The fourth-order valence-corrected chi connectivity index (χ4v) is 3.72. The molecule has 4 nitrogen and oxygen atoms in total. The van der Waals surface area contributed by atoms with Gasteiger partial charge in [-0.05, 0) is 36.5 Å². The molecule has 0 aliphatic carbocycles. The van der Waals surface area contributed by atoms with Crippen molar-refractivity contribution in [1.29, 1.82) is 0 Å². The lowest BCUT2D eigenvalue weighted by atomic mass is 9.74. The molecule has 4 rings (SSSR count). The van der Waals surface area contributed by atoms with E-state index in [-0.39, 0.29) is 0 Å². The SMILES string of the molecule is O=C(O)C1(Cc2ccccc2-c2coc3ccccc23)CCOCC1. The molecule has 25 heavy (non-hydrogen) atoms. The number of carbonyl (C=O) groups is 1. The summed E-state index contributed by atoms with van der Waals surface area (Å²) in [5.74, 6) is -0.734. The van der Waals surface area contributed by atoms with E-state index in [2.05, 4.69) is 0 Å². The second-order valence-electron chi connectivity index (χ2n) is 6.68. The van der Waals surface area contributed by atoms with Gasteiger partial charge in [0, 0.05) is 24.2 Å². The summed E-state index contributed by atoms with van der Waals surface area (Å²) >= 11 is 0. The fourth-order valence-electron chi connectivity index (χ4n) is 3.72. The zero-order chi connectivity index (χ0) is 17.3. The molecule has 1 aliphatic heterocycles. The number of carboxylic acid groups (broad SMARTS) is 1. The lowest BCUT2D eigenvalue weighted by Crippen LogP contribution is -2.39. The standard InChI is InChI=1S/C21H20O4/c22-20(23)21(9-11-24-12-10-21)13-15-5-1-2-6-16(15)18-14-25-19-8-4-3-7-17(18)19/h1-8,14H,9-13H2,(H,22,23). The first-order valence-electron chi connectivity index (χ1n) is 8.55. The van der Waals surface area contributed by atoms with Gasteiger partial charge in [0.05, 0.1) is 11.7 Å². The van der Waals surface area contributed by atoms with Gasteiger partial charge in [-0.25, -0.2) is 0 Å². The van der Waals surface area contributed by atoms with Gasteiger partial charge >= 0.3 is 5.97 Å². The Labute approximate surface area is 146 Å². The van der Waals surface area contributed by atoms with Gasteiger partial charge in [-0.3, -0.25) is 4.79 Å². The zero-order valence-corrected chi connectivity index (χ0v) is 13.9. The number of hydrogen-bond donors (Lipinski definition) is 1. The normalized spacial score (nSPS) is 16.8. The van der Waals surface area contributed by atoms with Crippen LogP contribution in [0, 0.1) is 5.41 Å². The third kappa shape index (κ3) is 2.83. The van der Waals surface area contributed by atoms with Gasteiger partial charge < -0.3 is 14.3 Å². The highest BCUT2D eigenvalue weighted by Gasteiger charge is 2.40. The van der Waals surface area contributed by atoms with E-state index in [9.17, 15) is 9.90 Å². The predicted octanol–water partition coefficient (Wildman–Crippen LogP) is 4.52. The summed E-state index contributed by atoms with van der Waals surface area (Å²) in [5, 5.41) is 10.9. The first-order valence-corrected chi connectivity index (χ1v) is 8.55. The van der Waals surface area contributed by atoms with Crippen molar-refractivity contribution in [3.05, 3.63) is 60.4 Å². The van der Waals surface area contributed by atoms with E-state index in [1.54, 1.807) is 6.26 Å². The number of benzene rings is 2. The lowest BCUT2D eigenvalue weighted by molar-refractivity contribution is -0.154. The molecule has 0 atom stereocenters. The van der Waals surface area contributed by atoms with Crippen LogP contribution in [0.2, 0.25) is 0 Å². The van der Waals surface area contributed by atoms with Crippen molar-refractivity contribution >= 4 is 16.9 Å². The van der Waals surface area contributed by atoms with Gasteiger partial charge in [0.15, 0.2) is 0 Å². The summed E-state index contributed by atoms with van der Waals surface area (Å²) in [6.45, 7) is 1.01. The zero-order valence-electron chi connectivity index (χ0n) is 13.9. The monoisotopic (exact) mass is 336 g/mol. The van der Waals surface area contributed by atoms with Crippen molar-refractivity contribution in [2.45, 2.75) is 19.3 Å². The summed E-state index contributed by atoms with van der Waals surface area (Å²) in [6, 6.07) is 15.9. The molecule has 1 saturated heterocycles. The number of aliphatic carboxylic acids is 1. The summed E-state index contributed by atoms with van der Waals surface area (Å²) in [6.07, 6.45) is 3.36. The summed E-state index contributed by atoms with van der Waals surface area (Å²) in [5.41, 5.74) is 3.18. The Morgan fingerprint density at radius 2 is 1.72 bits per heavy atom. The molecule has 0 spiro atoms. The van der Waals surface area contributed by atoms with Crippen LogP contribution in [0.5, 0.6) is 0 Å². The Hall–Kier alpha value is -2.59. The number of fused-ring (bicyclic) bond motifs is 1. The maximum absolute atomic E-state index is 12.0. The van der Waals surface area contributed by atoms with Crippen LogP contribution in [0.4, 0.5) is 0 Å². The van der Waals surface area contributed by atoms with Crippen molar-refractivity contribution in [2.75, 3.05) is 13.2 Å². The highest BCUT2D eigenvalue weighted by atomic mass is 16.5. The van der Waals surface area contributed by atoms with Gasteiger partial charge in [0.2, 0.25) is 0 Å². The maximum atomic E-state index is 12.0. The second-order valence-corrected chi connectivity index (χ2v) is 6.68. The molecule has 1 aliphatic rings. The van der Waals surface area contributed by atoms with E-state index in [0.29, 0.717) is 32.5 Å². The molecule has 0 saturated carbocycles. The third-order valence-corrected chi connectivity index (χ3v) is 5.22. The van der Waals surface area contributed by atoms with Crippen LogP contribution in [-0.2, 0) is 16.0 Å². The van der Waals surface area contributed by atoms with Crippen molar-refractivity contribution in [3.63, 3.8) is 0 Å². The Kier molecular flexibility index (Phi) is 4.06. The van der Waals surface area contributed by atoms with E-state index < -0.39 is 11.4 Å². The average Bonchev–Trinajstić information content (AvgIpc) is 3.07. The number of para-hydroxylation sites is 1. The van der Waals surface area contributed by atoms with Gasteiger partial charge in [-0.15, -0.1) is 0 Å². The quantitative estimate of drug-likeness (QED) is 0.761. The fraction of sp³-hybridized carbons (Fsp3) is 0.286. The highest BCUT2D eigenvalue weighted by molar-refractivity contribution is 5.94. The molecule has 1 aromatic heterocycles. The molecule has 0 amide bonds. The number of hydrogen-bond acceptors (Lipinski definition) is 3. The van der Waals surface area contributed by atoms with Gasteiger partial charge in [0.25, 0.3) is 0 Å². The molecule has 3 aromatic rings. The van der Waals surface area contributed by atoms with E-state index in [4.69, 9.17) is 9.15 Å². The number of ether oxygens (including phenoxy) is 1. The van der Waals surface area contributed by atoms with E-state index in [0.717, 1.165) is 27.7 Å². The number of carboxylic acids is 1. The second kappa shape index (κ2) is 6.37. The summed E-state index contributed by atoms with van der Waals surface area (Å²) < 4.78 is 11.1. The van der Waals surface area contributed by atoms with Crippen LogP contribution >= 0.6 is 0 Å². The van der Waals surface area contributed by atoms with Crippen LogP contribution in [0.1, 0.15) is 18.4 Å². The lowest BCUT2D eigenvalue weighted by Gasteiger charge is -2.33. The molecule has 4 heteroatoms. The molecule has 2 aromatic carbocycles. The van der Waals surface area contributed by atoms with Crippen LogP contribution in [0.3, 0.4) is 0 Å². The Balaban J connectivity index is 1.78. The van der Waals surface area contributed by atoms with Crippen LogP contribution < -0.4 is 0 Å². The summed E-state index contributed by atoms with van der Waals surface area (Å²) in [4.78, 5) is 12.0. The van der Waals surface area contributed by atoms with Crippen molar-refractivity contribution in [2.24, 2.45) is 5.41 Å². The third-order valence-electron chi connectivity index (χ3n) is 5.22. The van der Waals surface area contributed by atoms with Crippen LogP contribution in [0.25, 0.3) is 22.1 Å². The molecule has 0 bridgehead atoms. The number of furan rings is 1. The van der Waals surface area contributed by atoms with E-state index in [1.165, 1.54) is 0 Å². The summed E-state index contributed by atoms with van der Waals surface area (Å²) in [7, 11) is 0. The first kappa shape index (κ1) is 15.9. The van der Waals surface area contributed by atoms with Crippen molar-refractivity contribution in [1.82, 2.24) is 0 Å². The molecule has 0 radical (unpaired) electrons. The molecule has 2 heterocycles. The first-order chi connectivity index (χ1) is 12.2. The Bertz CT molecular complexity index is 903. The average molecular weight is 336 g/mol. The predicted molar refractivity (Wildman–Crippen MR) is 95.5 cm³/mol. The van der Waals surface area contributed by atoms with Gasteiger partial charge in [-0.1, -0.05) is 42.5 Å². The van der Waals surface area contributed by atoms with Gasteiger partial charge in [-0.2, -0.15) is 0 Å². The molecular weight excluding hydrogens is 316 g/mol. The molecule has 1 fully saturated rings. The largest absolute Gasteiger partial charge is 0.481 e. The van der Waals surface area contributed by atoms with Crippen LogP contribution in [-0.4, -0.2) is 24.3 Å². The number of rotatable bonds is 4. The van der Waals surface area contributed by atoms with Crippen molar-refractivity contribution in [3.8, 4) is 11.1 Å². The van der Waals surface area contributed by atoms with Crippen LogP contribution in [0.15, 0.2) is 59.2 Å². The molecular formula is C21H20O4. The van der Waals surface area contributed by atoms with E-state index >= 15 is 0 Å². The topological polar surface area (TPSA) is 59.7 Å². The Morgan fingerprint density at radius 3 is 2.52 bits per heavy atom. The smallest absolute Gasteiger partial charge is 0.310 e. The minimum absolute atomic E-state index is 0.501. The van der Waals surface area contributed by atoms with Gasteiger partial charge in [0.1, 0.15) is 5.58 Å². The van der Waals surface area contributed by atoms with E-state index in [1.807, 2.05) is 48.5 Å². The molecule has 1 N–H and O–H groups in total. The minimum atomic E-state index is -0.756. The maximum Gasteiger partial charge on any atom is 0.310 e. The molecule has 128 valence electrons. The van der Waals surface area contributed by atoms with Crippen molar-refractivity contribution < 1.29 is 19.1 Å². The highest BCUT2D eigenvalue weighted by Crippen LogP contribution is 2.39. The minimum Gasteiger partial charge on any atom is -0.481 e. The molecule has 0 unspecified atom stereocenters.